The SMILES string of the molecule is CC(C)c1nc(CO)n(C2CC2)c1Sc1cc(Cl)cc(Cl)c1. The van der Waals surface area contributed by atoms with Crippen molar-refractivity contribution in [3.8, 4) is 0 Å². The van der Waals surface area contributed by atoms with E-state index in [-0.39, 0.29) is 6.61 Å². The summed E-state index contributed by atoms with van der Waals surface area (Å²) in [6.45, 7) is 4.21. The number of aliphatic hydroxyl groups excluding tert-OH is 1. The molecule has 0 bridgehead atoms. The van der Waals surface area contributed by atoms with Crippen LogP contribution in [0.5, 0.6) is 0 Å². The highest BCUT2D eigenvalue weighted by Gasteiger charge is 2.31. The molecule has 0 saturated heterocycles. The largest absolute Gasteiger partial charge is 0.388 e. The third kappa shape index (κ3) is 3.30. The van der Waals surface area contributed by atoms with Gasteiger partial charge < -0.3 is 9.67 Å². The van der Waals surface area contributed by atoms with Crippen LogP contribution < -0.4 is 0 Å². The summed E-state index contributed by atoms with van der Waals surface area (Å²) in [4.78, 5) is 5.65. The molecule has 3 nitrogen and oxygen atoms in total. The first kappa shape index (κ1) is 16.2. The van der Waals surface area contributed by atoms with Crippen LogP contribution in [0.15, 0.2) is 28.1 Å². The second kappa shape index (κ2) is 6.44. The fourth-order valence-electron chi connectivity index (χ4n) is 2.48. The first-order valence-electron chi connectivity index (χ1n) is 7.35. The van der Waals surface area contributed by atoms with Gasteiger partial charge in [0.05, 0.1) is 5.69 Å². The Kier molecular flexibility index (Phi) is 4.74. The maximum absolute atomic E-state index is 9.63. The summed E-state index contributed by atoms with van der Waals surface area (Å²) in [6, 6.07) is 6.00. The number of halogens is 2. The van der Waals surface area contributed by atoms with Crippen molar-refractivity contribution in [2.45, 2.75) is 55.2 Å². The monoisotopic (exact) mass is 356 g/mol. The van der Waals surface area contributed by atoms with Crippen molar-refractivity contribution in [2.24, 2.45) is 0 Å². The Balaban J connectivity index is 2.05. The molecule has 1 aliphatic rings. The van der Waals surface area contributed by atoms with Crippen LogP contribution in [0.25, 0.3) is 0 Å². The number of hydrogen-bond donors (Lipinski definition) is 1. The van der Waals surface area contributed by atoms with Crippen LogP contribution in [-0.4, -0.2) is 14.7 Å². The molecule has 1 saturated carbocycles. The number of nitrogens with zero attached hydrogens (tertiary/aromatic N) is 2. The summed E-state index contributed by atoms with van der Waals surface area (Å²) in [5.41, 5.74) is 1.03. The lowest BCUT2D eigenvalue weighted by Gasteiger charge is -2.12. The number of rotatable bonds is 5. The standard InChI is InChI=1S/C16H18Cl2N2OS/c1-9(2)15-16(20(12-3-4-12)14(8-21)19-15)22-13-6-10(17)5-11(18)7-13/h5-7,9,12,21H,3-4,8H2,1-2H3. The fraction of sp³-hybridized carbons (Fsp3) is 0.438. The average Bonchev–Trinajstić information content (AvgIpc) is 3.19. The van der Waals surface area contributed by atoms with Gasteiger partial charge in [0, 0.05) is 21.0 Å². The Labute approximate surface area is 144 Å². The number of hydrogen-bond acceptors (Lipinski definition) is 3. The van der Waals surface area contributed by atoms with Gasteiger partial charge in [0.2, 0.25) is 0 Å². The van der Waals surface area contributed by atoms with E-state index in [0.29, 0.717) is 22.0 Å². The van der Waals surface area contributed by atoms with Gasteiger partial charge in [0.1, 0.15) is 17.5 Å². The van der Waals surface area contributed by atoms with Gasteiger partial charge in [-0.3, -0.25) is 0 Å². The molecule has 3 rings (SSSR count). The predicted octanol–water partition coefficient (Wildman–Crippen LogP) is 5.29. The van der Waals surface area contributed by atoms with Gasteiger partial charge in [-0.1, -0.05) is 48.8 Å². The van der Waals surface area contributed by atoms with Gasteiger partial charge in [-0.05, 0) is 37.0 Å². The summed E-state index contributed by atoms with van der Waals surface area (Å²) >= 11 is 13.8. The summed E-state index contributed by atoms with van der Waals surface area (Å²) in [6.07, 6.45) is 2.29. The van der Waals surface area contributed by atoms with Crippen molar-refractivity contribution in [2.75, 3.05) is 0 Å². The maximum Gasteiger partial charge on any atom is 0.135 e. The first-order chi connectivity index (χ1) is 10.5. The van der Waals surface area contributed by atoms with Gasteiger partial charge in [0.25, 0.3) is 0 Å². The maximum atomic E-state index is 9.63. The second-order valence-corrected chi connectivity index (χ2v) is 7.77. The van der Waals surface area contributed by atoms with Crippen molar-refractivity contribution in [3.63, 3.8) is 0 Å². The Hall–Kier alpha value is -0.680. The smallest absolute Gasteiger partial charge is 0.135 e. The van der Waals surface area contributed by atoms with Crippen LogP contribution in [0.2, 0.25) is 10.0 Å². The van der Waals surface area contributed by atoms with E-state index in [0.717, 1.165) is 34.3 Å². The van der Waals surface area contributed by atoms with Gasteiger partial charge in [-0.2, -0.15) is 0 Å². The molecule has 6 heteroatoms. The quantitative estimate of drug-likeness (QED) is 0.790. The molecule has 0 atom stereocenters. The molecule has 1 aromatic carbocycles. The zero-order valence-electron chi connectivity index (χ0n) is 12.5. The molecule has 1 aromatic heterocycles. The average molecular weight is 357 g/mol. The minimum atomic E-state index is -0.0346. The summed E-state index contributed by atoms with van der Waals surface area (Å²) < 4.78 is 2.19. The van der Waals surface area contributed by atoms with Crippen LogP contribution in [0, 0.1) is 0 Å². The third-order valence-electron chi connectivity index (χ3n) is 3.62. The highest BCUT2D eigenvalue weighted by atomic mass is 35.5. The molecule has 0 amide bonds. The number of aromatic nitrogens is 2. The molecule has 0 unspecified atom stereocenters. The topological polar surface area (TPSA) is 38.1 Å². The van der Waals surface area contributed by atoms with E-state index >= 15 is 0 Å². The van der Waals surface area contributed by atoms with E-state index in [4.69, 9.17) is 23.2 Å². The van der Waals surface area contributed by atoms with Gasteiger partial charge in [0.15, 0.2) is 0 Å². The second-order valence-electron chi connectivity index (χ2n) is 5.84. The van der Waals surface area contributed by atoms with Crippen molar-refractivity contribution >= 4 is 35.0 Å². The highest BCUT2D eigenvalue weighted by molar-refractivity contribution is 7.99. The van der Waals surface area contributed by atoms with Crippen LogP contribution in [0.3, 0.4) is 0 Å². The number of aliphatic hydroxyl groups is 1. The molecule has 1 N–H and O–H groups in total. The molecule has 118 valence electrons. The fourth-order valence-corrected chi connectivity index (χ4v) is 4.47. The first-order valence-corrected chi connectivity index (χ1v) is 8.92. The Morgan fingerprint density at radius 1 is 1.27 bits per heavy atom. The van der Waals surface area contributed by atoms with Crippen molar-refractivity contribution in [1.82, 2.24) is 9.55 Å². The zero-order valence-corrected chi connectivity index (χ0v) is 14.8. The zero-order chi connectivity index (χ0) is 15.9. The minimum Gasteiger partial charge on any atom is -0.388 e. The summed E-state index contributed by atoms with van der Waals surface area (Å²) in [7, 11) is 0. The molecule has 0 radical (unpaired) electrons. The molecular formula is C16H18Cl2N2OS. The molecule has 2 aromatic rings. The van der Waals surface area contributed by atoms with E-state index in [9.17, 15) is 5.11 Å². The molecule has 22 heavy (non-hydrogen) atoms. The van der Waals surface area contributed by atoms with Crippen molar-refractivity contribution < 1.29 is 5.11 Å². The van der Waals surface area contributed by atoms with Crippen molar-refractivity contribution in [3.05, 3.63) is 39.8 Å². The number of benzene rings is 1. The van der Waals surface area contributed by atoms with E-state index < -0.39 is 0 Å². The van der Waals surface area contributed by atoms with Gasteiger partial charge in [-0.15, -0.1) is 0 Å². The van der Waals surface area contributed by atoms with Crippen LogP contribution >= 0.6 is 35.0 Å². The lowest BCUT2D eigenvalue weighted by atomic mass is 10.1. The predicted molar refractivity (Wildman–Crippen MR) is 91.1 cm³/mol. The lowest BCUT2D eigenvalue weighted by molar-refractivity contribution is 0.263. The molecule has 0 spiro atoms. The Bertz CT molecular complexity index is 675. The van der Waals surface area contributed by atoms with Gasteiger partial charge >= 0.3 is 0 Å². The van der Waals surface area contributed by atoms with E-state index in [1.54, 1.807) is 17.8 Å². The van der Waals surface area contributed by atoms with Crippen LogP contribution in [0.4, 0.5) is 0 Å². The van der Waals surface area contributed by atoms with E-state index in [1.807, 2.05) is 12.1 Å². The summed E-state index contributed by atoms with van der Waals surface area (Å²) in [5, 5.41) is 12.0. The summed E-state index contributed by atoms with van der Waals surface area (Å²) in [5.74, 6) is 1.05. The molecule has 0 aliphatic heterocycles. The molecule has 1 aliphatic carbocycles. The van der Waals surface area contributed by atoms with E-state index in [2.05, 4.69) is 23.4 Å². The molecule has 1 heterocycles. The minimum absolute atomic E-state index is 0.0346. The van der Waals surface area contributed by atoms with Crippen LogP contribution in [-0.2, 0) is 6.61 Å². The Morgan fingerprint density at radius 3 is 2.41 bits per heavy atom. The lowest BCUT2D eigenvalue weighted by Crippen LogP contribution is -2.02. The van der Waals surface area contributed by atoms with Crippen molar-refractivity contribution in [1.29, 1.82) is 0 Å². The molecular weight excluding hydrogens is 339 g/mol. The van der Waals surface area contributed by atoms with Gasteiger partial charge in [-0.25, -0.2) is 4.98 Å². The van der Waals surface area contributed by atoms with Crippen LogP contribution in [0.1, 0.15) is 50.2 Å². The molecule has 1 fully saturated rings. The highest BCUT2D eigenvalue weighted by Crippen LogP contribution is 2.44. The third-order valence-corrected chi connectivity index (χ3v) is 5.12. The number of imidazole rings is 1. The normalized spacial score (nSPS) is 14.8. The Morgan fingerprint density at radius 2 is 1.91 bits per heavy atom. The van der Waals surface area contributed by atoms with E-state index in [1.165, 1.54) is 0 Å².